The molecule has 0 radical (unpaired) electrons. The van der Waals surface area contributed by atoms with Crippen LogP contribution in [0.2, 0.25) is 0 Å². The number of rotatable bonds is 2. The van der Waals surface area contributed by atoms with Crippen LogP contribution in [0.1, 0.15) is 6.92 Å². The Balaban J connectivity index is 2.74. The van der Waals surface area contributed by atoms with Crippen LogP contribution in [0.5, 0.6) is 0 Å². The number of nitrogens with one attached hydrogen (secondary N) is 2. The van der Waals surface area contributed by atoms with Crippen LogP contribution in [0.3, 0.4) is 0 Å². The summed E-state index contributed by atoms with van der Waals surface area (Å²) >= 11 is 0. The number of carbonyl (C=O) groups excluding carboxylic acids is 2. The predicted molar refractivity (Wildman–Crippen MR) is 50.2 cm³/mol. The van der Waals surface area contributed by atoms with Crippen LogP contribution in [-0.2, 0) is 9.59 Å². The zero-order chi connectivity index (χ0) is 11.4. The van der Waals surface area contributed by atoms with E-state index >= 15 is 0 Å². The second-order valence-electron chi connectivity index (χ2n) is 3.12. The van der Waals surface area contributed by atoms with Gasteiger partial charge in [-0.25, -0.2) is 9.59 Å². The van der Waals surface area contributed by atoms with Crippen molar-refractivity contribution in [2.75, 3.05) is 19.6 Å². The van der Waals surface area contributed by atoms with Crippen LogP contribution in [-0.4, -0.2) is 53.6 Å². The van der Waals surface area contributed by atoms with E-state index in [2.05, 4.69) is 10.6 Å². The number of piperazine rings is 1. The first-order valence-corrected chi connectivity index (χ1v) is 4.60. The zero-order valence-electron chi connectivity index (χ0n) is 8.32. The standard InChI is InChI=1S/C8H13N3O4/c1-2-9-8(15)11-4-6(12)10-3-5(11)7(13)14/h5H,2-4H2,1H3,(H,9,15)(H,10,12)(H,13,14). The Morgan fingerprint density at radius 2 is 2.33 bits per heavy atom. The minimum absolute atomic E-state index is 0.0503. The number of amides is 3. The Morgan fingerprint density at radius 1 is 1.67 bits per heavy atom. The molecule has 0 aliphatic carbocycles. The minimum Gasteiger partial charge on any atom is -0.480 e. The molecule has 1 atom stereocenters. The molecular weight excluding hydrogens is 202 g/mol. The number of hydrogen-bond donors (Lipinski definition) is 3. The average Bonchev–Trinajstić information content (AvgIpc) is 2.17. The predicted octanol–water partition coefficient (Wildman–Crippen LogP) is -1.40. The number of nitrogens with zero attached hydrogens (tertiary/aromatic N) is 1. The van der Waals surface area contributed by atoms with Crippen LogP contribution in [0.4, 0.5) is 4.79 Å². The van der Waals surface area contributed by atoms with Crippen molar-refractivity contribution in [1.29, 1.82) is 0 Å². The maximum absolute atomic E-state index is 11.4. The SMILES string of the molecule is CCNC(=O)N1CC(=O)NCC1C(=O)O. The van der Waals surface area contributed by atoms with Crippen molar-refractivity contribution in [3.05, 3.63) is 0 Å². The molecule has 1 aliphatic heterocycles. The molecule has 7 heteroatoms. The van der Waals surface area contributed by atoms with Crippen molar-refractivity contribution in [2.24, 2.45) is 0 Å². The van der Waals surface area contributed by atoms with E-state index in [1.807, 2.05) is 0 Å². The lowest BCUT2D eigenvalue weighted by molar-refractivity contribution is -0.144. The third-order valence-corrected chi connectivity index (χ3v) is 2.06. The van der Waals surface area contributed by atoms with Gasteiger partial charge in [-0.3, -0.25) is 9.69 Å². The number of carboxylic acid groups (broad SMARTS) is 1. The third-order valence-electron chi connectivity index (χ3n) is 2.06. The van der Waals surface area contributed by atoms with E-state index in [0.29, 0.717) is 6.54 Å². The summed E-state index contributed by atoms with van der Waals surface area (Å²) in [6, 6.07) is -1.52. The van der Waals surface area contributed by atoms with Gasteiger partial charge in [-0.05, 0) is 6.92 Å². The molecule has 1 rings (SSSR count). The quantitative estimate of drug-likeness (QED) is 0.527. The molecule has 0 bridgehead atoms. The van der Waals surface area contributed by atoms with Gasteiger partial charge >= 0.3 is 12.0 Å². The highest BCUT2D eigenvalue weighted by Gasteiger charge is 2.34. The summed E-state index contributed by atoms with van der Waals surface area (Å²) in [5, 5.41) is 13.7. The Morgan fingerprint density at radius 3 is 2.87 bits per heavy atom. The molecule has 0 aromatic carbocycles. The molecule has 0 aromatic rings. The highest BCUT2D eigenvalue weighted by molar-refractivity contribution is 5.90. The fourth-order valence-corrected chi connectivity index (χ4v) is 1.33. The lowest BCUT2D eigenvalue weighted by Gasteiger charge is -2.32. The molecule has 1 heterocycles. The number of aliphatic carboxylic acids is 1. The molecule has 1 aliphatic rings. The molecule has 1 fully saturated rings. The third kappa shape index (κ3) is 2.58. The van der Waals surface area contributed by atoms with E-state index in [1.54, 1.807) is 6.92 Å². The summed E-state index contributed by atoms with van der Waals surface area (Å²) in [4.78, 5) is 34.3. The summed E-state index contributed by atoms with van der Waals surface area (Å²) in [5.74, 6) is -1.47. The van der Waals surface area contributed by atoms with Gasteiger partial charge in [0.15, 0.2) is 0 Å². The largest absolute Gasteiger partial charge is 0.480 e. The minimum atomic E-state index is -1.12. The normalized spacial score (nSPS) is 20.7. The molecule has 3 amide bonds. The van der Waals surface area contributed by atoms with Crippen molar-refractivity contribution >= 4 is 17.9 Å². The molecule has 0 saturated carbocycles. The molecule has 84 valence electrons. The smallest absolute Gasteiger partial charge is 0.328 e. The summed E-state index contributed by atoms with van der Waals surface area (Å²) in [6.45, 7) is 1.84. The summed E-state index contributed by atoms with van der Waals surface area (Å²) in [6.07, 6.45) is 0. The van der Waals surface area contributed by atoms with E-state index in [1.165, 1.54) is 0 Å². The van der Waals surface area contributed by atoms with Crippen molar-refractivity contribution in [3.8, 4) is 0 Å². The van der Waals surface area contributed by atoms with Gasteiger partial charge in [0.05, 0.1) is 0 Å². The first kappa shape index (κ1) is 11.3. The maximum atomic E-state index is 11.4. The zero-order valence-corrected chi connectivity index (χ0v) is 8.32. The first-order chi connectivity index (χ1) is 7.06. The van der Waals surface area contributed by atoms with Gasteiger partial charge in [-0.1, -0.05) is 0 Å². The van der Waals surface area contributed by atoms with Gasteiger partial charge in [-0.15, -0.1) is 0 Å². The lowest BCUT2D eigenvalue weighted by atomic mass is 10.2. The Labute approximate surface area is 86.4 Å². The van der Waals surface area contributed by atoms with Crippen LogP contribution in [0.25, 0.3) is 0 Å². The van der Waals surface area contributed by atoms with E-state index in [4.69, 9.17) is 5.11 Å². The fraction of sp³-hybridized carbons (Fsp3) is 0.625. The molecule has 0 aromatic heterocycles. The molecule has 1 unspecified atom stereocenters. The Hall–Kier alpha value is -1.79. The molecule has 1 saturated heterocycles. The van der Waals surface area contributed by atoms with Crippen molar-refractivity contribution < 1.29 is 19.5 Å². The van der Waals surface area contributed by atoms with Gasteiger partial charge in [-0.2, -0.15) is 0 Å². The topological polar surface area (TPSA) is 98.7 Å². The van der Waals surface area contributed by atoms with Crippen LogP contribution in [0.15, 0.2) is 0 Å². The van der Waals surface area contributed by atoms with Crippen molar-refractivity contribution in [1.82, 2.24) is 15.5 Å². The second kappa shape index (κ2) is 4.63. The van der Waals surface area contributed by atoms with E-state index < -0.39 is 18.0 Å². The van der Waals surface area contributed by atoms with E-state index in [0.717, 1.165) is 4.90 Å². The Bertz CT molecular complexity index is 292. The number of carbonyl (C=O) groups is 3. The van der Waals surface area contributed by atoms with Crippen LogP contribution >= 0.6 is 0 Å². The molecule has 3 N–H and O–H groups in total. The Kier molecular flexibility index (Phi) is 3.48. The van der Waals surface area contributed by atoms with Gasteiger partial charge < -0.3 is 15.7 Å². The van der Waals surface area contributed by atoms with E-state index in [-0.39, 0.29) is 19.0 Å². The fourth-order valence-electron chi connectivity index (χ4n) is 1.33. The summed E-state index contributed by atoms with van der Waals surface area (Å²) in [5.41, 5.74) is 0. The summed E-state index contributed by atoms with van der Waals surface area (Å²) < 4.78 is 0. The maximum Gasteiger partial charge on any atom is 0.328 e. The van der Waals surface area contributed by atoms with Crippen molar-refractivity contribution in [3.63, 3.8) is 0 Å². The molecular formula is C8H13N3O4. The number of urea groups is 1. The van der Waals surface area contributed by atoms with Crippen LogP contribution in [0, 0.1) is 0 Å². The molecule has 15 heavy (non-hydrogen) atoms. The van der Waals surface area contributed by atoms with Gasteiger partial charge in [0, 0.05) is 13.1 Å². The lowest BCUT2D eigenvalue weighted by Crippen LogP contribution is -2.61. The highest BCUT2D eigenvalue weighted by Crippen LogP contribution is 2.04. The second-order valence-corrected chi connectivity index (χ2v) is 3.12. The van der Waals surface area contributed by atoms with Gasteiger partial charge in [0.1, 0.15) is 12.6 Å². The first-order valence-electron chi connectivity index (χ1n) is 4.60. The van der Waals surface area contributed by atoms with Crippen molar-refractivity contribution in [2.45, 2.75) is 13.0 Å². The monoisotopic (exact) mass is 215 g/mol. The number of carboxylic acids is 1. The van der Waals surface area contributed by atoms with Crippen LogP contribution < -0.4 is 10.6 Å². The van der Waals surface area contributed by atoms with E-state index in [9.17, 15) is 14.4 Å². The highest BCUT2D eigenvalue weighted by atomic mass is 16.4. The van der Waals surface area contributed by atoms with Gasteiger partial charge in [0.2, 0.25) is 5.91 Å². The molecule has 0 spiro atoms. The average molecular weight is 215 g/mol. The summed E-state index contributed by atoms with van der Waals surface area (Å²) in [7, 11) is 0. The molecule has 7 nitrogen and oxygen atoms in total. The van der Waals surface area contributed by atoms with Gasteiger partial charge in [0.25, 0.3) is 0 Å². The number of hydrogen-bond acceptors (Lipinski definition) is 3.